The van der Waals surface area contributed by atoms with E-state index >= 15 is 0 Å². The Kier molecular flexibility index (Phi) is 5.74. The molecule has 0 heterocycles. The third-order valence-electron chi connectivity index (χ3n) is 4.52. The second-order valence-electron chi connectivity index (χ2n) is 6.51. The molecule has 1 saturated carbocycles. The topological polar surface area (TPSA) is 69.6 Å². The third kappa shape index (κ3) is 4.31. The van der Waals surface area contributed by atoms with Gasteiger partial charge in [0.1, 0.15) is 0 Å². The minimum absolute atomic E-state index is 0.00493. The molecule has 136 valence electrons. The molecule has 0 spiro atoms. The van der Waals surface area contributed by atoms with Crippen LogP contribution in [-0.2, 0) is 4.79 Å². The highest BCUT2D eigenvalue weighted by molar-refractivity contribution is 9.10. The van der Waals surface area contributed by atoms with Crippen molar-refractivity contribution in [2.24, 2.45) is 5.92 Å². The van der Waals surface area contributed by atoms with Gasteiger partial charge in [0.25, 0.3) is 5.91 Å². The molecule has 0 saturated heterocycles. The summed E-state index contributed by atoms with van der Waals surface area (Å²) in [7, 11) is 1.67. The lowest BCUT2D eigenvalue weighted by atomic mass is 10.1. The summed E-state index contributed by atoms with van der Waals surface area (Å²) in [5.41, 5.74) is 1.93. The van der Waals surface area contributed by atoms with E-state index in [-0.39, 0.29) is 24.3 Å². The minimum Gasteiger partial charge on any atom is -0.394 e. The van der Waals surface area contributed by atoms with Crippen LogP contribution < -0.4 is 5.32 Å². The summed E-state index contributed by atoms with van der Waals surface area (Å²) in [6.07, 6.45) is 1.86. The first-order valence-corrected chi connectivity index (χ1v) is 9.33. The van der Waals surface area contributed by atoms with Crippen LogP contribution in [-0.4, -0.2) is 35.5 Å². The maximum absolute atomic E-state index is 12.9. The smallest absolute Gasteiger partial charge is 0.254 e. The zero-order valence-electron chi connectivity index (χ0n) is 14.5. The van der Waals surface area contributed by atoms with Crippen LogP contribution in [0.1, 0.15) is 34.8 Å². The molecule has 0 aromatic heterocycles. The Balaban J connectivity index is 1.77. The highest BCUT2D eigenvalue weighted by atomic mass is 79.9. The van der Waals surface area contributed by atoms with Crippen LogP contribution in [0.3, 0.4) is 0 Å². The number of nitrogens with one attached hydrogen (secondary N) is 1. The van der Waals surface area contributed by atoms with E-state index in [1.54, 1.807) is 31.3 Å². The van der Waals surface area contributed by atoms with Crippen LogP contribution in [0.5, 0.6) is 0 Å². The van der Waals surface area contributed by atoms with Crippen LogP contribution in [0.4, 0.5) is 5.69 Å². The van der Waals surface area contributed by atoms with E-state index in [4.69, 9.17) is 0 Å². The molecule has 0 radical (unpaired) electrons. The molecule has 1 atom stereocenters. The van der Waals surface area contributed by atoms with Crippen molar-refractivity contribution in [2.45, 2.75) is 18.9 Å². The third-order valence-corrected chi connectivity index (χ3v) is 5.01. The van der Waals surface area contributed by atoms with Crippen LogP contribution in [0.2, 0.25) is 0 Å². The van der Waals surface area contributed by atoms with Crippen molar-refractivity contribution in [1.82, 2.24) is 4.90 Å². The quantitative estimate of drug-likeness (QED) is 0.755. The lowest BCUT2D eigenvalue weighted by molar-refractivity contribution is -0.117. The largest absolute Gasteiger partial charge is 0.394 e. The molecule has 1 aliphatic carbocycles. The summed E-state index contributed by atoms with van der Waals surface area (Å²) in [5.74, 6) is -0.107. The van der Waals surface area contributed by atoms with Crippen molar-refractivity contribution < 1.29 is 14.7 Å². The molecule has 5 nitrogen and oxygen atoms in total. The predicted molar refractivity (Wildman–Crippen MR) is 104 cm³/mol. The fraction of sp³-hybridized carbons (Fsp3) is 0.300. The molecule has 26 heavy (non-hydrogen) atoms. The zero-order chi connectivity index (χ0) is 18.7. The average molecular weight is 417 g/mol. The Morgan fingerprint density at radius 3 is 2.62 bits per heavy atom. The first-order chi connectivity index (χ1) is 12.5. The standard InChI is InChI=1S/C20H21BrN2O3/c1-23(18(12-24)14-4-2-6-16(21)10-14)20(26)15-5-3-7-17(11-15)22-19(25)13-8-9-13/h2-7,10-11,13,18,24H,8-9,12H2,1H3,(H,22,25)/t18-/m0/s1. The second-order valence-corrected chi connectivity index (χ2v) is 7.43. The molecule has 2 aromatic rings. The zero-order valence-corrected chi connectivity index (χ0v) is 16.1. The first kappa shape index (κ1) is 18.6. The summed E-state index contributed by atoms with van der Waals surface area (Å²) in [6.45, 7) is -0.184. The number of hydrogen-bond donors (Lipinski definition) is 2. The number of halogens is 1. The van der Waals surface area contributed by atoms with Gasteiger partial charge in [-0.1, -0.05) is 34.1 Å². The number of likely N-dealkylation sites (N-methyl/N-ethyl adjacent to an activating group) is 1. The number of nitrogens with zero attached hydrogens (tertiary/aromatic N) is 1. The van der Waals surface area contributed by atoms with E-state index in [9.17, 15) is 14.7 Å². The normalized spacial score (nSPS) is 14.6. The molecule has 0 unspecified atom stereocenters. The van der Waals surface area contributed by atoms with Gasteiger partial charge in [0, 0.05) is 28.7 Å². The number of anilines is 1. The molecule has 0 bridgehead atoms. The second kappa shape index (κ2) is 8.01. The van der Waals surface area contributed by atoms with E-state index in [2.05, 4.69) is 21.2 Å². The molecule has 0 aliphatic heterocycles. The summed E-state index contributed by atoms with van der Waals surface area (Å²) in [5, 5.41) is 12.7. The number of aliphatic hydroxyl groups excluding tert-OH is 1. The Morgan fingerprint density at radius 1 is 1.23 bits per heavy atom. The molecular formula is C20H21BrN2O3. The molecule has 2 N–H and O–H groups in total. The van der Waals surface area contributed by atoms with Crippen LogP contribution >= 0.6 is 15.9 Å². The number of rotatable bonds is 6. The maximum Gasteiger partial charge on any atom is 0.254 e. The Hall–Kier alpha value is -2.18. The fourth-order valence-corrected chi connectivity index (χ4v) is 3.25. The van der Waals surface area contributed by atoms with E-state index in [1.165, 1.54) is 4.90 Å². The molecule has 1 fully saturated rings. The summed E-state index contributed by atoms with van der Waals surface area (Å²) < 4.78 is 0.888. The fourth-order valence-electron chi connectivity index (χ4n) is 2.83. The van der Waals surface area contributed by atoms with Crippen molar-refractivity contribution in [2.75, 3.05) is 19.0 Å². The number of carbonyl (C=O) groups is 2. The van der Waals surface area contributed by atoms with Gasteiger partial charge in [-0.25, -0.2) is 0 Å². The van der Waals surface area contributed by atoms with Crippen LogP contribution in [0.25, 0.3) is 0 Å². The van der Waals surface area contributed by atoms with Crippen molar-refractivity contribution in [3.8, 4) is 0 Å². The van der Waals surface area contributed by atoms with Gasteiger partial charge in [-0.3, -0.25) is 9.59 Å². The number of amides is 2. The van der Waals surface area contributed by atoms with Crippen molar-refractivity contribution >= 4 is 33.4 Å². The lowest BCUT2D eigenvalue weighted by Gasteiger charge is -2.27. The van der Waals surface area contributed by atoms with Crippen molar-refractivity contribution in [3.05, 3.63) is 64.1 Å². The summed E-state index contributed by atoms with van der Waals surface area (Å²) in [6, 6.07) is 14.0. The van der Waals surface area contributed by atoms with Crippen molar-refractivity contribution in [3.63, 3.8) is 0 Å². The molecule has 1 aliphatic rings. The van der Waals surface area contributed by atoms with Gasteiger partial charge >= 0.3 is 0 Å². The highest BCUT2D eigenvalue weighted by Gasteiger charge is 2.29. The minimum atomic E-state index is -0.454. The summed E-state index contributed by atoms with van der Waals surface area (Å²) in [4.78, 5) is 26.3. The van der Waals surface area contributed by atoms with Gasteiger partial charge in [-0.2, -0.15) is 0 Å². The van der Waals surface area contributed by atoms with Crippen LogP contribution in [0.15, 0.2) is 53.0 Å². The van der Waals surface area contributed by atoms with Gasteiger partial charge in [-0.15, -0.1) is 0 Å². The van der Waals surface area contributed by atoms with E-state index < -0.39 is 6.04 Å². The SMILES string of the molecule is CN(C(=O)c1cccc(NC(=O)C2CC2)c1)[C@@H](CO)c1cccc(Br)c1. The molecule has 2 aromatic carbocycles. The maximum atomic E-state index is 12.9. The van der Waals surface area contributed by atoms with E-state index in [0.717, 1.165) is 22.9 Å². The van der Waals surface area contributed by atoms with Gasteiger partial charge in [0.15, 0.2) is 0 Å². The van der Waals surface area contributed by atoms with Gasteiger partial charge < -0.3 is 15.3 Å². The number of benzene rings is 2. The molecule has 2 amide bonds. The van der Waals surface area contributed by atoms with E-state index in [1.807, 2.05) is 24.3 Å². The molecular weight excluding hydrogens is 396 g/mol. The van der Waals surface area contributed by atoms with Crippen LogP contribution in [0, 0.1) is 5.92 Å². The van der Waals surface area contributed by atoms with Gasteiger partial charge in [0.2, 0.25) is 5.91 Å². The van der Waals surface area contributed by atoms with E-state index in [0.29, 0.717) is 11.3 Å². The van der Waals surface area contributed by atoms with Crippen molar-refractivity contribution in [1.29, 1.82) is 0 Å². The first-order valence-electron chi connectivity index (χ1n) is 8.54. The van der Waals surface area contributed by atoms with Gasteiger partial charge in [0.05, 0.1) is 12.6 Å². The predicted octanol–water partition coefficient (Wildman–Crippen LogP) is 3.60. The summed E-state index contributed by atoms with van der Waals surface area (Å²) >= 11 is 3.41. The lowest BCUT2D eigenvalue weighted by Crippen LogP contribution is -2.33. The number of hydrogen-bond acceptors (Lipinski definition) is 3. The molecule has 6 heteroatoms. The number of carbonyl (C=O) groups excluding carboxylic acids is 2. The Morgan fingerprint density at radius 2 is 1.96 bits per heavy atom. The number of aliphatic hydroxyl groups is 1. The Labute approximate surface area is 161 Å². The molecule has 3 rings (SSSR count). The Bertz CT molecular complexity index is 820. The monoisotopic (exact) mass is 416 g/mol. The average Bonchev–Trinajstić information content (AvgIpc) is 3.47. The highest BCUT2D eigenvalue weighted by Crippen LogP contribution is 2.30. The van der Waals surface area contributed by atoms with Gasteiger partial charge in [-0.05, 0) is 48.7 Å².